The van der Waals surface area contributed by atoms with Gasteiger partial charge in [0.25, 0.3) is 5.91 Å². The van der Waals surface area contributed by atoms with Crippen LogP contribution in [0.1, 0.15) is 15.9 Å². The van der Waals surface area contributed by atoms with Crippen LogP contribution in [-0.4, -0.2) is 10.9 Å². The Bertz CT molecular complexity index is 932. The Hall–Kier alpha value is -2.99. The van der Waals surface area contributed by atoms with Crippen molar-refractivity contribution in [3.63, 3.8) is 0 Å². The maximum atomic E-state index is 13.3. The van der Waals surface area contributed by atoms with Crippen molar-refractivity contribution in [1.82, 2.24) is 10.3 Å². The topological polar surface area (TPSA) is 54.0 Å². The number of benzene rings is 2. The molecule has 0 fully saturated rings. The fraction of sp³-hybridized carbons (Fsp3) is 0.0526. The molecular weight excluding hydrogens is 360 g/mol. The number of nitrogens with zero attached hydrogens (tertiary/aromatic N) is 1. The normalized spacial score (nSPS) is 10.4. The molecule has 1 amide bonds. The third kappa shape index (κ3) is 4.55. The van der Waals surface area contributed by atoms with E-state index in [2.05, 4.69) is 15.6 Å². The van der Waals surface area contributed by atoms with Crippen LogP contribution in [0.2, 0.25) is 5.02 Å². The van der Waals surface area contributed by atoms with Crippen LogP contribution in [-0.2, 0) is 6.54 Å². The Kier molecular flexibility index (Phi) is 5.43. The first kappa shape index (κ1) is 17.8. The summed E-state index contributed by atoms with van der Waals surface area (Å²) in [5.74, 6) is -2.19. The molecule has 26 heavy (non-hydrogen) atoms. The molecule has 2 aromatic carbocycles. The lowest BCUT2D eigenvalue weighted by Crippen LogP contribution is -2.23. The second kappa shape index (κ2) is 7.93. The van der Waals surface area contributed by atoms with E-state index in [-0.39, 0.29) is 5.91 Å². The molecule has 0 aliphatic rings. The van der Waals surface area contributed by atoms with E-state index in [4.69, 9.17) is 11.6 Å². The van der Waals surface area contributed by atoms with Crippen LogP contribution in [0, 0.1) is 11.6 Å². The predicted octanol–water partition coefficient (Wildman–Crippen LogP) is 4.69. The van der Waals surface area contributed by atoms with Gasteiger partial charge in [-0.1, -0.05) is 23.7 Å². The number of hydrogen-bond donors (Lipinski definition) is 2. The number of nitrogens with one attached hydrogen (secondary N) is 2. The van der Waals surface area contributed by atoms with Gasteiger partial charge in [0.2, 0.25) is 0 Å². The van der Waals surface area contributed by atoms with E-state index in [9.17, 15) is 13.6 Å². The monoisotopic (exact) mass is 373 g/mol. The molecule has 1 heterocycles. The molecule has 4 nitrogen and oxygen atoms in total. The highest BCUT2D eigenvalue weighted by Gasteiger charge is 2.08. The van der Waals surface area contributed by atoms with Gasteiger partial charge >= 0.3 is 0 Å². The highest BCUT2D eigenvalue weighted by molar-refractivity contribution is 6.30. The van der Waals surface area contributed by atoms with Crippen LogP contribution in [0.5, 0.6) is 0 Å². The van der Waals surface area contributed by atoms with Crippen LogP contribution in [0.25, 0.3) is 0 Å². The van der Waals surface area contributed by atoms with E-state index in [0.717, 1.165) is 17.7 Å². The average Bonchev–Trinajstić information content (AvgIpc) is 2.64. The Labute approximate surface area is 153 Å². The first-order valence-electron chi connectivity index (χ1n) is 7.71. The van der Waals surface area contributed by atoms with Crippen molar-refractivity contribution in [2.75, 3.05) is 5.32 Å². The predicted molar refractivity (Wildman–Crippen MR) is 96.5 cm³/mol. The smallest absolute Gasteiger partial charge is 0.253 e. The van der Waals surface area contributed by atoms with Gasteiger partial charge in [0, 0.05) is 29.5 Å². The van der Waals surface area contributed by atoms with Gasteiger partial charge in [-0.05, 0) is 35.9 Å². The molecule has 0 saturated heterocycles. The number of amides is 1. The minimum absolute atomic E-state index is 0.304. The summed E-state index contributed by atoms with van der Waals surface area (Å²) in [4.78, 5) is 16.3. The second-order valence-electron chi connectivity index (χ2n) is 5.53. The van der Waals surface area contributed by atoms with E-state index in [1.807, 2.05) is 12.1 Å². The van der Waals surface area contributed by atoms with Gasteiger partial charge < -0.3 is 10.6 Å². The van der Waals surface area contributed by atoms with Crippen molar-refractivity contribution >= 4 is 28.9 Å². The molecule has 3 aromatic rings. The summed E-state index contributed by atoms with van der Waals surface area (Å²) in [6.45, 7) is 0.344. The molecule has 1 aromatic heterocycles. The molecule has 132 valence electrons. The fourth-order valence-corrected chi connectivity index (χ4v) is 2.39. The van der Waals surface area contributed by atoms with Gasteiger partial charge in [-0.3, -0.25) is 9.78 Å². The molecule has 0 aliphatic carbocycles. The number of pyridine rings is 1. The molecule has 3 rings (SSSR count). The molecule has 0 bridgehead atoms. The van der Waals surface area contributed by atoms with Gasteiger partial charge in [0.05, 0.1) is 17.4 Å². The van der Waals surface area contributed by atoms with Crippen LogP contribution >= 0.6 is 11.6 Å². The number of hydrogen-bond acceptors (Lipinski definition) is 3. The quantitative estimate of drug-likeness (QED) is 0.682. The van der Waals surface area contributed by atoms with Crippen molar-refractivity contribution in [1.29, 1.82) is 0 Å². The first-order valence-corrected chi connectivity index (χ1v) is 8.09. The highest BCUT2D eigenvalue weighted by Crippen LogP contribution is 2.19. The van der Waals surface area contributed by atoms with Crippen LogP contribution in [0.4, 0.5) is 20.2 Å². The number of rotatable bonds is 5. The molecule has 0 saturated carbocycles. The van der Waals surface area contributed by atoms with Crippen LogP contribution in [0.15, 0.2) is 60.9 Å². The average molecular weight is 374 g/mol. The summed E-state index contributed by atoms with van der Waals surface area (Å²) in [5, 5.41) is 6.29. The molecule has 7 heteroatoms. The fourth-order valence-electron chi connectivity index (χ4n) is 2.26. The SMILES string of the molecule is O=C(NCc1ccc(Cl)cc1)c1cncc(Nc2ccc(F)c(F)c2)c1. The summed E-state index contributed by atoms with van der Waals surface area (Å²) in [6.07, 6.45) is 2.91. The Balaban J connectivity index is 1.66. The Morgan fingerprint density at radius 3 is 2.46 bits per heavy atom. The lowest BCUT2D eigenvalue weighted by Gasteiger charge is -2.09. The summed E-state index contributed by atoms with van der Waals surface area (Å²) < 4.78 is 26.3. The number of anilines is 2. The number of carbonyl (C=O) groups excluding carboxylic acids is 1. The lowest BCUT2D eigenvalue weighted by atomic mass is 10.2. The first-order chi connectivity index (χ1) is 12.5. The van der Waals surface area contributed by atoms with E-state index in [1.165, 1.54) is 18.5 Å². The van der Waals surface area contributed by atoms with Gasteiger partial charge in [-0.25, -0.2) is 8.78 Å². The lowest BCUT2D eigenvalue weighted by molar-refractivity contribution is 0.0950. The zero-order valence-electron chi connectivity index (χ0n) is 13.5. The molecule has 0 unspecified atom stereocenters. The van der Waals surface area contributed by atoms with E-state index in [0.29, 0.717) is 28.5 Å². The van der Waals surface area contributed by atoms with Crippen molar-refractivity contribution in [3.05, 3.63) is 88.7 Å². The second-order valence-corrected chi connectivity index (χ2v) is 5.96. The molecule has 0 spiro atoms. The van der Waals surface area contributed by atoms with Crippen molar-refractivity contribution in [2.24, 2.45) is 0 Å². The van der Waals surface area contributed by atoms with Crippen LogP contribution in [0.3, 0.4) is 0 Å². The summed E-state index contributed by atoms with van der Waals surface area (Å²) in [7, 11) is 0. The zero-order chi connectivity index (χ0) is 18.5. The molecule has 0 radical (unpaired) electrons. The molecule has 0 aliphatic heterocycles. The highest BCUT2D eigenvalue weighted by atomic mass is 35.5. The minimum atomic E-state index is -0.958. The van der Waals surface area contributed by atoms with Gasteiger partial charge in [0.15, 0.2) is 11.6 Å². The van der Waals surface area contributed by atoms with Crippen molar-refractivity contribution < 1.29 is 13.6 Å². The van der Waals surface area contributed by atoms with Crippen LogP contribution < -0.4 is 10.6 Å². The van der Waals surface area contributed by atoms with Crippen molar-refractivity contribution in [2.45, 2.75) is 6.54 Å². The maximum Gasteiger partial charge on any atom is 0.253 e. The molecule has 2 N–H and O–H groups in total. The molecular formula is C19H14ClF2N3O. The minimum Gasteiger partial charge on any atom is -0.354 e. The van der Waals surface area contributed by atoms with E-state index >= 15 is 0 Å². The Morgan fingerprint density at radius 2 is 1.73 bits per heavy atom. The van der Waals surface area contributed by atoms with Gasteiger partial charge in [-0.15, -0.1) is 0 Å². The van der Waals surface area contributed by atoms with E-state index < -0.39 is 11.6 Å². The van der Waals surface area contributed by atoms with Crippen molar-refractivity contribution in [3.8, 4) is 0 Å². The van der Waals surface area contributed by atoms with Gasteiger partial charge in [0.1, 0.15) is 0 Å². The summed E-state index contributed by atoms with van der Waals surface area (Å²) in [6, 6.07) is 12.2. The summed E-state index contributed by atoms with van der Waals surface area (Å²) in [5.41, 5.74) is 2.08. The van der Waals surface area contributed by atoms with Gasteiger partial charge in [-0.2, -0.15) is 0 Å². The standard InChI is InChI=1S/C19H14ClF2N3O/c20-14-3-1-12(2-4-14)9-24-19(26)13-7-16(11-23-10-13)25-15-5-6-17(21)18(22)8-15/h1-8,10-11,25H,9H2,(H,24,26). The third-order valence-electron chi connectivity index (χ3n) is 3.58. The largest absolute Gasteiger partial charge is 0.354 e. The molecule has 0 atom stereocenters. The zero-order valence-corrected chi connectivity index (χ0v) is 14.2. The summed E-state index contributed by atoms with van der Waals surface area (Å²) >= 11 is 5.83. The number of carbonyl (C=O) groups is 1. The maximum absolute atomic E-state index is 13.3. The van der Waals surface area contributed by atoms with E-state index in [1.54, 1.807) is 18.2 Å². The third-order valence-corrected chi connectivity index (χ3v) is 3.83. The number of halogens is 3. The Morgan fingerprint density at radius 1 is 0.962 bits per heavy atom. The number of aromatic nitrogens is 1.